The summed E-state index contributed by atoms with van der Waals surface area (Å²) in [6, 6.07) is 10.2. The summed E-state index contributed by atoms with van der Waals surface area (Å²) in [6.45, 7) is -0.264. The van der Waals surface area contributed by atoms with Crippen molar-refractivity contribution in [3.05, 3.63) is 64.2 Å². The molecular weight excluding hydrogens is 426 g/mol. The lowest BCUT2D eigenvalue weighted by molar-refractivity contribution is -0.122. The second-order valence-electron chi connectivity index (χ2n) is 6.91. The maximum absolute atomic E-state index is 12.4. The molecule has 2 aromatic carbocycles. The van der Waals surface area contributed by atoms with Gasteiger partial charge in [-0.2, -0.15) is 0 Å². The fraction of sp³-hybridized carbons (Fsp3) is 0.190. The number of halogens is 1. The number of fused-ring (bicyclic) bond motifs is 1. The van der Waals surface area contributed by atoms with Gasteiger partial charge >= 0.3 is 12.0 Å². The molecule has 9 nitrogen and oxygen atoms in total. The fourth-order valence-corrected chi connectivity index (χ4v) is 3.60. The molecule has 0 spiro atoms. The Morgan fingerprint density at radius 1 is 1.03 bits per heavy atom. The smallest absolute Gasteiger partial charge is 0.338 e. The van der Waals surface area contributed by atoms with Crippen LogP contribution in [0.2, 0.25) is 5.02 Å². The number of ether oxygens (including phenoxy) is 1. The van der Waals surface area contributed by atoms with E-state index in [9.17, 15) is 24.0 Å². The van der Waals surface area contributed by atoms with Gasteiger partial charge in [0.1, 0.15) is 0 Å². The Morgan fingerprint density at radius 2 is 1.71 bits per heavy atom. The third-order valence-corrected chi connectivity index (χ3v) is 5.23. The molecule has 0 aliphatic carbocycles. The highest BCUT2D eigenvalue weighted by atomic mass is 35.5. The number of benzene rings is 2. The average Bonchev–Trinajstić information content (AvgIpc) is 3.29. The van der Waals surface area contributed by atoms with Gasteiger partial charge in [0.15, 0.2) is 12.4 Å². The van der Waals surface area contributed by atoms with Gasteiger partial charge in [-0.05, 0) is 30.3 Å². The van der Waals surface area contributed by atoms with Gasteiger partial charge in [-0.3, -0.25) is 24.2 Å². The predicted molar refractivity (Wildman–Crippen MR) is 109 cm³/mol. The third kappa shape index (κ3) is 3.87. The van der Waals surface area contributed by atoms with E-state index in [1.165, 1.54) is 35.2 Å². The van der Waals surface area contributed by atoms with Crippen molar-refractivity contribution in [1.82, 2.24) is 10.2 Å². The minimum atomic E-state index is -0.798. The molecule has 0 atom stereocenters. The van der Waals surface area contributed by atoms with Gasteiger partial charge in [0, 0.05) is 13.1 Å². The number of nitrogens with zero attached hydrogens (tertiary/aromatic N) is 2. The SMILES string of the molecule is O=C(COC(=O)c1ccc(Cl)c(N2CCNC2=O)c1)CN1C(=O)c2ccccc2C1=O. The van der Waals surface area contributed by atoms with Crippen LogP contribution < -0.4 is 10.2 Å². The summed E-state index contributed by atoms with van der Waals surface area (Å²) >= 11 is 6.14. The van der Waals surface area contributed by atoms with E-state index < -0.39 is 36.7 Å². The van der Waals surface area contributed by atoms with Crippen LogP contribution >= 0.6 is 11.6 Å². The summed E-state index contributed by atoms with van der Waals surface area (Å²) in [5, 5.41) is 2.93. The molecule has 158 valence electrons. The highest BCUT2D eigenvalue weighted by Crippen LogP contribution is 2.28. The number of carbonyl (C=O) groups excluding carboxylic acids is 5. The van der Waals surface area contributed by atoms with E-state index in [4.69, 9.17) is 16.3 Å². The molecule has 2 heterocycles. The topological polar surface area (TPSA) is 113 Å². The maximum atomic E-state index is 12.4. The van der Waals surface area contributed by atoms with Gasteiger partial charge in [-0.15, -0.1) is 0 Å². The van der Waals surface area contributed by atoms with Crippen molar-refractivity contribution in [2.75, 3.05) is 31.1 Å². The quantitative estimate of drug-likeness (QED) is 0.541. The summed E-state index contributed by atoms with van der Waals surface area (Å²) in [4.78, 5) is 63.3. The van der Waals surface area contributed by atoms with E-state index in [2.05, 4.69) is 5.32 Å². The number of anilines is 1. The van der Waals surface area contributed by atoms with Crippen LogP contribution in [0.4, 0.5) is 10.5 Å². The highest BCUT2D eigenvalue weighted by Gasteiger charge is 2.36. The van der Waals surface area contributed by atoms with Crippen LogP contribution in [0.15, 0.2) is 42.5 Å². The van der Waals surface area contributed by atoms with Gasteiger partial charge in [-0.1, -0.05) is 23.7 Å². The molecule has 0 bridgehead atoms. The molecule has 2 aliphatic rings. The number of carbonyl (C=O) groups is 5. The monoisotopic (exact) mass is 441 g/mol. The largest absolute Gasteiger partial charge is 0.454 e. The van der Waals surface area contributed by atoms with Crippen LogP contribution in [0, 0.1) is 0 Å². The molecule has 1 fully saturated rings. The number of nitrogens with one attached hydrogen (secondary N) is 1. The van der Waals surface area contributed by atoms with Gasteiger partial charge in [-0.25, -0.2) is 9.59 Å². The van der Waals surface area contributed by atoms with Crippen molar-refractivity contribution in [2.24, 2.45) is 0 Å². The van der Waals surface area contributed by atoms with Gasteiger partial charge < -0.3 is 10.1 Å². The zero-order chi connectivity index (χ0) is 22.1. The van der Waals surface area contributed by atoms with Gasteiger partial charge in [0.2, 0.25) is 0 Å². The van der Waals surface area contributed by atoms with Crippen LogP contribution in [0.5, 0.6) is 0 Å². The maximum Gasteiger partial charge on any atom is 0.338 e. The fourth-order valence-electron chi connectivity index (χ4n) is 3.38. The zero-order valence-corrected chi connectivity index (χ0v) is 16.8. The van der Waals surface area contributed by atoms with Crippen molar-refractivity contribution in [2.45, 2.75) is 0 Å². The lowest BCUT2D eigenvalue weighted by atomic mass is 10.1. The number of imide groups is 1. The number of esters is 1. The van der Waals surface area contributed by atoms with E-state index in [0.29, 0.717) is 18.8 Å². The third-order valence-electron chi connectivity index (χ3n) is 4.91. The summed E-state index contributed by atoms with van der Waals surface area (Å²) in [7, 11) is 0. The molecule has 31 heavy (non-hydrogen) atoms. The lowest BCUT2D eigenvalue weighted by Gasteiger charge is -2.17. The Morgan fingerprint density at radius 3 is 2.32 bits per heavy atom. The summed E-state index contributed by atoms with van der Waals surface area (Å²) < 4.78 is 5.03. The van der Waals surface area contributed by atoms with Crippen molar-refractivity contribution in [1.29, 1.82) is 0 Å². The van der Waals surface area contributed by atoms with Crippen LogP contribution in [0.1, 0.15) is 31.1 Å². The molecule has 0 radical (unpaired) electrons. The zero-order valence-electron chi connectivity index (χ0n) is 16.1. The Balaban J connectivity index is 1.38. The molecule has 4 rings (SSSR count). The van der Waals surface area contributed by atoms with E-state index >= 15 is 0 Å². The van der Waals surface area contributed by atoms with Gasteiger partial charge in [0.25, 0.3) is 11.8 Å². The van der Waals surface area contributed by atoms with E-state index in [1.54, 1.807) is 12.1 Å². The average molecular weight is 442 g/mol. The molecule has 2 aliphatic heterocycles. The van der Waals surface area contributed by atoms with Gasteiger partial charge in [0.05, 0.1) is 33.9 Å². The van der Waals surface area contributed by atoms with Crippen LogP contribution in [0.3, 0.4) is 0 Å². The summed E-state index contributed by atoms with van der Waals surface area (Å²) in [5.74, 6) is -2.54. The molecule has 1 saturated heterocycles. The minimum absolute atomic E-state index is 0.104. The summed E-state index contributed by atoms with van der Waals surface area (Å²) in [5.41, 5.74) is 0.921. The molecular formula is C21H16ClN3O6. The number of Topliss-reactive ketones (excluding diaryl/α,β-unsaturated/α-hetero) is 1. The van der Waals surface area contributed by atoms with E-state index in [1.807, 2.05) is 0 Å². The van der Waals surface area contributed by atoms with Crippen molar-refractivity contribution < 1.29 is 28.7 Å². The van der Waals surface area contributed by atoms with E-state index in [0.717, 1.165) is 4.90 Å². The second-order valence-corrected chi connectivity index (χ2v) is 7.31. The molecule has 0 saturated carbocycles. The van der Waals surface area contributed by atoms with Crippen molar-refractivity contribution >= 4 is 46.9 Å². The van der Waals surface area contributed by atoms with E-state index in [-0.39, 0.29) is 27.7 Å². The first kappa shape index (κ1) is 20.5. The first-order valence-corrected chi connectivity index (χ1v) is 9.73. The first-order chi connectivity index (χ1) is 14.9. The number of hydrogen-bond acceptors (Lipinski definition) is 6. The molecule has 1 N–H and O–H groups in total. The van der Waals surface area contributed by atoms with Crippen LogP contribution in [-0.4, -0.2) is 60.7 Å². The van der Waals surface area contributed by atoms with Crippen LogP contribution in [0.25, 0.3) is 0 Å². The van der Waals surface area contributed by atoms with Crippen LogP contribution in [-0.2, 0) is 9.53 Å². The Hall–Kier alpha value is -3.72. The molecule has 2 aromatic rings. The number of hydrogen-bond donors (Lipinski definition) is 1. The Labute approximate surface area is 181 Å². The Bertz CT molecular complexity index is 1100. The normalized spacial score (nSPS) is 15.2. The second kappa shape index (κ2) is 8.19. The lowest BCUT2D eigenvalue weighted by Crippen LogP contribution is -2.36. The minimum Gasteiger partial charge on any atom is -0.454 e. The molecule has 0 unspecified atom stereocenters. The number of rotatable bonds is 6. The number of ketones is 1. The molecule has 0 aromatic heterocycles. The molecule has 4 amide bonds. The van der Waals surface area contributed by atoms with Crippen molar-refractivity contribution in [3.8, 4) is 0 Å². The number of urea groups is 1. The highest BCUT2D eigenvalue weighted by molar-refractivity contribution is 6.34. The Kier molecular flexibility index (Phi) is 5.43. The van der Waals surface area contributed by atoms with Crippen molar-refractivity contribution in [3.63, 3.8) is 0 Å². The first-order valence-electron chi connectivity index (χ1n) is 9.36. The molecule has 10 heteroatoms. The standard InChI is InChI=1S/C21H16ClN3O6/c22-16-6-5-12(9-17(16)24-8-7-23-21(24)30)20(29)31-11-13(26)10-25-18(27)14-3-1-2-4-15(14)19(25)28/h1-6,9H,7-8,10-11H2,(H,23,30). The number of amides is 4. The predicted octanol–water partition coefficient (Wildman–Crippen LogP) is 1.89. The summed E-state index contributed by atoms with van der Waals surface area (Å²) in [6.07, 6.45) is 0.